The molecule has 1 aromatic heterocycles. The van der Waals surface area contributed by atoms with Crippen LogP contribution in [0, 0.1) is 0 Å². The summed E-state index contributed by atoms with van der Waals surface area (Å²) in [5, 5.41) is 71.1. The summed E-state index contributed by atoms with van der Waals surface area (Å²) in [6.07, 6.45) is -14.4. The van der Waals surface area contributed by atoms with Crippen molar-refractivity contribution in [1.29, 1.82) is 0 Å². The lowest BCUT2D eigenvalue weighted by Crippen LogP contribution is -2.61. The summed E-state index contributed by atoms with van der Waals surface area (Å²) in [7, 11) is 0. The van der Waals surface area contributed by atoms with Crippen molar-refractivity contribution in [3.63, 3.8) is 0 Å². The molecule has 3 heterocycles. The molecule has 2 aromatic carbocycles. The number of fused-ring (bicyclic) bond motifs is 1. The second kappa shape index (κ2) is 11.4. The summed E-state index contributed by atoms with van der Waals surface area (Å²) in [5.41, 5.74) is 0.398. The summed E-state index contributed by atoms with van der Waals surface area (Å²) in [6, 6.07) is 11.7. The molecule has 5 rings (SSSR count). The fourth-order valence-corrected chi connectivity index (χ4v) is 4.60. The van der Waals surface area contributed by atoms with Crippen molar-refractivity contribution in [3.05, 3.63) is 58.8 Å². The zero-order valence-corrected chi connectivity index (χ0v) is 21.2. The Hall–Kier alpha value is -3.11. The number of rotatable bonds is 6. The van der Waals surface area contributed by atoms with Crippen LogP contribution in [0.2, 0.25) is 0 Å². The number of phenolic OH excluding ortho intramolecular Hbond substituents is 1. The first-order valence-electron chi connectivity index (χ1n) is 12.6. The number of benzene rings is 2. The second-order valence-corrected chi connectivity index (χ2v) is 9.83. The number of hydrogen-bond acceptors (Lipinski definition) is 13. The minimum Gasteiger partial charge on any atom is -0.508 e. The summed E-state index contributed by atoms with van der Waals surface area (Å²) in [4.78, 5) is 12.7. The minimum absolute atomic E-state index is 0.0537. The van der Waals surface area contributed by atoms with Gasteiger partial charge in [0, 0.05) is 17.7 Å². The molecule has 2 saturated heterocycles. The number of aliphatic hydroxyl groups excluding tert-OH is 6. The van der Waals surface area contributed by atoms with Crippen LogP contribution in [0.25, 0.3) is 22.3 Å². The molecule has 0 aliphatic carbocycles. The Morgan fingerprint density at radius 1 is 0.775 bits per heavy atom. The van der Waals surface area contributed by atoms with Crippen LogP contribution in [0.15, 0.2) is 57.7 Å². The smallest absolute Gasteiger partial charge is 0.229 e. The van der Waals surface area contributed by atoms with Gasteiger partial charge >= 0.3 is 0 Å². The van der Waals surface area contributed by atoms with E-state index in [0.717, 1.165) is 0 Å². The van der Waals surface area contributed by atoms with Gasteiger partial charge in [-0.15, -0.1) is 0 Å². The van der Waals surface area contributed by atoms with Crippen LogP contribution in [0.3, 0.4) is 0 Å². The van der Waals surface area contributed by atoms with Crippen LogP contribution in [0.1, 0.15) is 6.92 Å². The van der Waals surface area contributed by atoms with Gasteiger partial charge in [-0.2, -0.15) is 0 Å². The minimum atomic E-state index is -1.70. The van der Waals surface area contributed by atoms with Gasteiger partial charge in [-0.05, 0) is 43.3 Å². The van der Waals surface area contributed by atoms with E-state index in [1.807, 2.05) is 0 Å². The molecule has 0 saturated carbocycles. The zero-order valence-electron chi connectivity index (χ0n) is 21.2. The SMILES string of the molecule is C[C@@H]1O[C@@H](OC[C@H]2O[C@@H](Oc3ccc4c(=O)cc(-c5ccc(O)cc5)oc4c3)[C@H](O)[C@@H](O)[C@@H]2O)[C@@H](O)[C@@H](O)[C@H]1O. The lowest BCUT2D eigenvalue weighted by Gasteiger charge is -2.42. The zero-order chi connectivity index (χ0) is 28.7. The first kappa shape index (κ1) is 28.4. The molecule has 2 fully saturated rings. The van der Waals surface area contributed by atoms with E-state index in [1.165, 1.54) is 43.3 Å². The van der Waals surface area contributed by atoms with E-state index in [0.29, 0.717) is 5.56 Å². The van der Waals surface area contributed by atoms with E-state index in [1.54, 1.807) is 12.1 Å². The van der Waals surface area contributed by atoms with Crippen LogP contribution in [-0.2, 0) is 14.2 Å². The maximum Gasteiger partial charge on any atom is 0.229 e. The summed E-state index contributed by atoms with van der Waals surface area (Å²) >= 11 is 0. The monoisotopic (exact) mass is 562 g/mol. The average Bonchev–Trinajstić information content (AvgIpc) is 2.94. The largest absolute Gasteiger partial charge is 0.508 e. The molecule has 0 spiro atoms. The molecule has 0 amide bonds. The topological polar surface area (TPSA) is 209 Å². The molecule has 40 heavy (non-hydrogen) atoms. The van der Waals surface area contributed by atoms with Gasteiger partial charge in [-0.1, -0.05) is 0 Å². The normalized spacial score (nSPS) is 34.6. The van der Waals surface area contributed by atoms with Crippen LogP contribution < -0.4 is 10.2 Å². The molecule has 0 unspecified atom stereocenters. The first-order chi connectivity index (χ1) is 19.0. The first-order valence-corrected chi connectivity index (χ1v) is 12.6. The Morgan fingerprint density at radius 2 is 1.45 bits per heavy atom. The lowest BCUT2D eigenvalue weighted by molar-refractivity contribution is -0.318. The predicted molar refractivity (Wildman–Crippen MR) is 135 cm³/mol. The third kappa shape index (κ3) is 5.56. The van der Waals surface area contributed by atoms with Gasteiger partial charge in [0.1, 0.15) is 65.6 Å². The predicted octanol–water partition coefficient (Wildman–Crippen LogP) is -0.804. The van der Waals surface area contributed by atoms with E-state index in [-0.39, 0.29) is 33.7 Å². The van der Waals surface area contributed by atoms with Crippen LogP contribution >= 0.6 is 0 Å². The molecule has 216 valence electrons. The Morgan fingerprint density at radius 3 is 2.17 bits per heavy atom. The molecular formula is C27H30O13. The van der Waals surface area contributed by atoms with E-state index in [4.69, 9.17) is 23.4 Å². The Balaban J connectivity index is 1.32. The second-order valence-electron chi connectivity index (χ2n) is 9.83. The number of hydrogen-bond donors (Lipinski definition) is 7. The summed E-state index contributed by atoms with van der Waals surface area (Å²) in [5.74, 6) is 0.416. The standard InChI is InChI=1S/C27H30O13/c1-11-20(30)22(32)24(34)26(37-11)36-10-19-21(31)23(33)25(35)27(40-19)38-14-6-7-15-16(29)9-17(39-18(15)8-14)12-2-4-13(28)5-3-12/h2-9,11,19-28,30-35H,10H2,1H3/t11-,19+,20-,21+,22-,23-,24-,25+,26+,27+/m0/s1. The Bertz CT molecular complexity index is 1380. The van der Waals surface area contributed by atoms with Crippen LogP contribution in [0.4, 0.5) is 0 Å². The van der Waals surface area contributed by atoms with Gasteiger partial charge in [0.25, 0.3) is 0 Å². The maximum absolute atomic E-state index is 12.7. The van der Waals surface area contributed by atoms with Crippen LogP contribution in [0.5, 0.6) is 11.5 Å². The lowest BCUT2D eigenvalue weighted by atomic mass is 9.98. The average molecular weight is 563 g/mol. The summed E-state index contributed by atoms with van der Waals surface area (Å²) in [6.45, 7) is 1.04. The van der Waals surface area contributed by atoms with Crippen molar-refractivity contribution in [1.82, 2.24) is 0 Å². The number of aromatic hydroxyl groups is 1. The highest BCUT2D eigenvalue weighted by atomic mass is 16.7. The van der Waals surface area contributed by atoms with Gasteiger partial charge in [0.05, 0.1) is 18.1 Å². The quantitative estimate of drug-likeness (QED) is 0.196. The van der Waals surface area contributed by atoms with Crippen LogP contribution in [-0.4, -0.2) is 104 Å². The van der Waals surface area contributed by atoms with Gasteiger partial charge in [-0.25, -0.2) is 0 Å². The molecule has 0 radical (unpaired) electrons. The van der Waals surface area contributed by atoms with Gasteiger partial charge in [-0.3, -0.25) is 4.79 Å². The van der Waals surface area contributed by atoms with Gasteiger partial charge < -0.3 is 59.1 Å². The molecular weight excluding hydrogens is 532 g/mol. The van der Waals surface area contributed by atoms with Gasteiger partial charge in [0.15, 0.2) is 11.7 Å². The van der Waals surface area contributed by atoms with Crippen molar-refractivity contribution >= 4 is 11.0 Å². The highest BCUT2D eigenvalue weighted by Crippen LogP contribution is 2.30. The molecule has 10 atom stereocenters. The van der Waals surface area contributed by atoms with Gasteiger partial charge in [0.2, 0.25) is 6.29 Å². The number of aliphatic hydroxyl groups is 6. The fourth-order valence-electron chi connectivity index (χ4n) is 4.60. The van der Waals surface area contributed by atoms with E-state index in [2.05, 4.69) is 0 Å². The number of phenols is 1. The maximum atomic E-state index is 12.7. The van der Waals surface area contributed by atoms with E-state index >= 15 is 0 Å². The molecule has 0 bridgehead atoms. The summed E-state index contributed by atoms with van der Waals surface area (Å²) < 4.78 is 28.1. The van der Waals surface area contributed by atoms with Crippen molar-refractivity contribution in [2.75, 3.05) is 6.61 Å². The molecule has 2 aliphatic rings. The third-order valence-electron chi connectivity index (χ3n) is 7.01. The van der Waals surface area contributed by atoms with E-state index < -0.39 is 68.0 Å². The molecule has 2 aliphatic heterocycles. The fraction of sp³-hybridized carbons (Fsp3) is 0.444. The highest BCUT2D eigenvalue weighted by molar-refractivity contribution is 5.80. The Labute approximate surface area is 227 Å². The van der Waals surface area contributed by atoms with Crippen molar-refractivity contribution in [2.45, 2.75) is 68.3 Å². The third-order valence-corrected chi connectivity index (χ3v) is 7.01. The van der Waals surface area contributed by atoms with E-state index in [9.17, 15) is 40.5 Å². The molecule has 13 heteroatoms. The van der Waals surface area contributed by atoms with Crippen molar-refractivity contribution in [3.8, 4) is 22.8 Å². The Kier molecular flexibility index (Phi) is 8.10. The molecule has 13 nitrogen and oxygen atoms in total. The van der Waals surface area contributed by atoms with Crippen molar-refractivity contribution < 1.29 is 59.1 Å². The highest BCUT2D eigenvalue weighted by Gasteiger charge is 2.47. The van der Waals surface area contributed by atoms with Crippen molar-refractivity contribution in [2.24, 2.45) is 0 Å². The molecule has 3 aromatic rings. The molecule has 7 N–H and O–H groups in total. The number of ether oxygens (including phenoxy) is 4.